The molecule has 4 nitrogen and oxygen atoms in total. The van der Waals surface area contributed by atoms with Crippen LogP contribution in [0.2, 0.25) is 5.02 Å². The Morgan fingerprint density at radius 2 is 1.72 bits per heavy atom. The smallest absolute Gasteiger partial charge is 0.382 e. The highest BCUT2D eigenvalue weighted by Crippen LogP contribution is 2.35. The average Bonchev–Trinajstić information content (AvgIpc) is 2.75. The topological polar surface area (TPSA) is 54.0 Å². The average molecular weight is 462 g/mol. The molecule has 32 heavy (non-hydrogen) atoms. The number of anilines is 1. The largest absolute Gasteiger partial charge is 0.433 e. The summed E-state index contributed by atoms with van der Waals surface area (Å²) in [4.78, 5) is 16.3. The van der Waals surface area contributed by atoms with E-state index in [1.54, 1.807) is 12.1 Å². The monoisotopic (exact) mass is 461 g/mol. The quantitative estimate of drug-likeness (QED) is 0.474. The van der Waals surface area contributed by atoms with Crippen molar-refractivity contribution in [3.05, 3.63) is 70.4 Å². The van der Waals surface area contributed by atoms with Crippen LogP contribution in [0.3, 0.4) is 0 Å². The number of nitrogens with one attached hydrogen (secondary N) is 2. The first-order chi connectivity index (χ1) is 15.2. The van der Waals surface area contributed by atoms with Crippen LogP contribution in [0.1, 0.15) is 47.3 Å². The maximum absolute atomic E-state index is 13.3. The minimum Gasteiger partial charge on any atom is -0.382 e. The molecule has 1 aliphatic carbocycles. The number of alkyl halides is 3. The number of benzene rings is 2. The molecule has 168 valence electrons. The number of carbonyl (C=O) groups is 1. The molecule has 1 saturated carbocycles. The highest BCUT2D eigenvalue weighted by atomic mass is 35.5. The highest BCUT2D eigenvalue weighted by Gasteiger charge is 2.34. The van der Waals surface area contributed by atoms with Crippen LogP contribution in [0, 0.1) is 6.92 Å². The molecule has 1 fully saturated rings. The molecule has 0 unspecified atom stereocenters. The first kappa shape index (κ1) is 22.4. The fourth-order valence-electron chi connectivity index (χ4n) is 4.16. The number of nitrogens with zero attached hydrogens (tertiary/aromatic N) is 1. The Balaban J connectivity index is 1.45. The Kier molecular flexibility index (Phi) is 6.29. The molecule has 0 bridgehead atoms. The molecule has 8 heteroatoms. The van der Waals surface area contributed by atoms with Gasteiger partial charge in [-0.05, 0) is 68.5 Å². The van der Waals surface area contributed by atoms with Crippen LogP contribution in [0.4, 0.5) is 18.9 Å². The van der Waals surface area contributed by atoms with Crippen LogP contribution < -0.4 is 10.6 Å². The third-order valence-corrected chi connectivity index (χ3v) is 6.11. The summed E-state index contributed by atoms with van der Waals surface area (Å²) < 4.78 is 40.0. The van der Waals surface area contributed by atoms with Crippen molar-refractivity contribution in [3.63, 3.8) is 0 Å². The Labute approximate surface area is 189 Å². The molecule has 2 N–H and O–H groups in total. The van der Waals surface area contributed by atoms with Crippen molar-refractivity contribution >= 4 is 34.1 Å². The van der Waals surface area contributed by atoms with Gasteiger partial charge < -0.3 is 10.6 Å². The number of halogens is 4. The molecule has 1 aliphatic rings. The maximum atomic E-state index is 13.3. The number of aryl methyl sites for hydroxylation is 1. The van der Waals surface area contributed by atoms with E-state index in [1.807, 2.05) is 25.1 Å². The lowest BCUT2D eigenvalue weighted by molar-refractivity contribution is -0.140. The van der Waals surface area contributed by atoms with Gasteiger partial charge in [0.05, 0.1) is 5.52 Å². The highest BCUT2D eigenvalue weighted by molar-refractivity contribution is 6.31. The van der Waals surface area contributed by atoms with Crippen LogP contribution in [-0.4, -0.2) is 23.0 Å². The Hall–Kier alpha value is -2.80. The van der Waals surface area contributed by atoms with E-state index in [9.17, 15) is 18.0 Å². The minimum absolute atomic E-state index is 0.00715. The van der Waals surface area contributed by atoms with Gasteiger partial charge in [0.1, 0.15) is 5.69 Å². The number of fused-ring (bicyclic) bond motifs is 1. The molecule has 1 aromatic heterocycles. The SMILES string of the molecule is Cc1ccccc1C(=O)NC1CCC(Nc2cc(C(F)(F)F)nc3ccc(Cl)cc23)CC1. The van der Waals surface area contributed by atoms with Crippen molar-refractivity contribution in [2.45, 2.75) is 50.9 Å². The molecule has 1 heterocycles. The van der Waals surface area contributed by atoms with Gasteiger partial charge in [-0.1, -0.05) is 29.8 Å². The summed E-state index contributed by atoms with van der Waals surface area (Å²) in [5.74, 6) is -0.0934. The molecule has 1 amide bonds. The van der Waals surface area contributed by atoms with E-state index in [2.05, 4.69) is 15.6 Å². The van der Waals surface area contributed by atoms with Crippen molar-refractivity contribution in [1.82, 2.24) is 10.3 Å². The molecule has 3 aromatic rings. The molecule has 4 rings (SSSR count). The zero-order chi connectivity index (χ0) is 22.9. The van der Waals surface area contributed by atoms with E-state index in [1.165, 1.54) is 12.1 Å². The van der Waals surface area contributed by atoms with Crippen LogP contribution in [0.15, 0.2) is 48.5 Å². The number of pyridine rings is 1. The normalized spacial score (nSPS) is 19.0. The molecular formula is C24H23ClF3N3O. The minimum atomic E-state index is -4.54. The van der Waals surface area contributed by atoms with E-state index < -0.39 is 11.9 Å². The second kappa shape index (κ2) is 8.98. The van der Waals surface area contributed by atoms with E-state index in [4.69, 9.17) is 11.6 Å². The van der Waals surface area contributed by atoms with Gasteiger partial charge >= 0.3 is 6.18 Å². The Morgan fingerprint density at radius 3 is 2.41 bits per heavy atom. The zero-order valence-electron chi connectivity index (χ0n) is 17.5. The first-order valence-electron chi connectivity index (χ1n) is 10.5. The van der Waals surface area contributed by atoms with Gasteiger partial charge in [-0.25, -0.2) is 4.98 Å². The Morgan fingerprint density at radius 1 is 1.03 bits per heavy atom. The summed E-state index contributed by atoms with van der Waals surface area (Å²) in [5.41, 5.74) is 1.26. The van der Waals surface area contributed by atoms with Crippen LogP contribution in [0.5, 0.6) is 0 Å². The van der Waals surface area contributed by atoms with Crippen LogP contribution in [0.25, 0.3) is 10.9 Å². The molecule has 0 radical (unpaired) electrons. The zero-order valence-corrected chi connectivity index (χ0v) is 18.2. The van der Waals surface area contributed by atoms with Gasteiger partial charge in [-0.3, -0.25) is 4.79 Å². The molecule has 0 spiro atoms. The molecule has 0 aliphatic heterocycles. The molecule has 2 aromatic carbocycles. The van der Waals surface area contributed by atoms with Gasteiger partial charge in [0, 0.05) is 33.7 Å². The molecule has 0 saturated heterocycles. The van der Waals surface area contributed by atoms with Crippen molar-refractivity contribution in [2.24, 2.45) is 0 Å². The van der Waals surface area contributed by atoms with Crippen LogP contribution >= 0.6 is 11.6 Å². The second-order valence-corrected chi connectivity index (χ2v) is 8.63. The molecule has 0 atom stereocenters. The third kappa shape index (κ3) is 4.99. The summed E-state index contributed by atoms with van der Waals surface area (Å²) in [7, 11) is 0. The van der Waals surface area contributed by atoms with Gasteiger partial charge in [-0.2, -0.15) is 13.2 Å². The summed E-state index contributed by atoms with van der Waals surface area (Å²) in [6, 6.07) is 13.2. The number of aromatic nitrogens is 1. The van der Waals surface area contributed by atoms with E-state index >= 15 is 0 Å². The summed E-state index contributed by atoms with van der Waals surface area (Å²) >= 11 is 6.07. The van der Waals surface area contributed by atoms with Crippen molar-refractivity contribution < 1.29 is 18.0 Å². The van der Waals surface area contributed by atoms with Crippen molar-refractivity contribution in [1.29, 1.82) is 0 Å². The van der Waals surface area contributed by atoms with Gasteiger partial charge in [-0.15, -0.1) is 0 Å². The third-order valence-electron chi connectivity index (χ3n) is 5.87. The molecular weight excluding hydrogens is 439 g/mol. The summed E-state index contributed by atoms with van der Waals surface area (Å²) in [6.45, 7) is 1.90. The number of hydrogen-bond donors (Lipinski definition) is 2. The number of rotatable bonds is 4. The van der Waals surface area contributed by atoms with Crippen LogP contribution in [-0.2, 0) is 6.18 Å². The fraction of sp³-hybridized carbons (Fsp3) is 0.333. The van der Waals surface area contributed by atoms with E-state index in [0.717, 1.165) is 37.3 Å². The van der Waals surface area contributed by atoms with Crippen molar-refractivity contribution in [3.8, 4) is 0 Å². The van der Waals surface area contributed by atoms with E-state index in [0.29, 0.717) is 21.7 Å². The number of carbonyl (C=O) groups excluding carboxylic acids is 1. The maximum Gasteiger partial charge on any atom is 0.433 e. The second-order valence-electron chi connectivity index (χ2n) is 8.20. The summed E-state index contributed by atoms with van der Waals surface area (Å²) in [6.07, 6.45) is -1.60. The number of hydrogen-bond acceptors (Lipinski definition) is 3. The summed E-state index contributed by atoms with van der Waals surface area (Å²) in [5, 5.41) is 7.34. The first-order valence-corrected chi connectivity index (χ1v) is 10.9. The Bertz CT molecular complexity index is 1140. The fourth-order valence-corrected chi connectivity index (χ4v) is 4.33. The lowest BCUT2D eigenvalue weighted by atomic mass is 9.90. The lowest BCUT2D eigenvalue weighted by Crippen LogP contribution is -2.40. The van der Waals surface area contributed by atoms with E-state index in [-0.39, 0.29) is 23.5 Å². The van der Waals surface area contributed by atoms with Gasteiger partial charge in [0.2, 0.25) is 0 Å². The van der Waals surface area contributed by atoms with Gasteiger partial charge in [0.15, 0.2) is 0 Å². The predicted octanol–water partition coefficient (Wildman–Crippen LogP) is 6.37. The predicted molar refractivity (Wildman–Crippen MR) is 120 cm³/mol. The number of amides is 1. The van der Waals surface area contributed by atoms with Crippen molar-refractivity contribution in [2.75, 3.05) is 5.32 Å². The van der Waals surface area contributed by atoms with Gasteiger partial charge in [0.25, 0.3) is 5.91 Å². The standard InChI is InChI=1S/C24H23ClF3N3O/c1-14-4-2-3-5-18(14)23(32)30-17-9-7-16(8-10-17)29-21-13-22(24(26,27)28)31-20-11-6-15(25)12-19(20)21/h2-6,11-13,16-17H,7-10H2,1H3,(H,29,31)(H,30,32). The lowest BCUT2D eigenvalue weighted by Gasteiger charge is -2.31.